The van der Waals surface area contributed by atoms with E-state index in [-0.39, 0.29) is 31.0 Å². The zero-order chi connectivity index (χ0) is 23.6. The molecule has 0 amide bonds. The van der Waals surface area contributed by atoms with Gasteiger partial charge in [0.05, 0.1) is 12.2 Å². The van der Waals surface area contributed by atoms with Gasteiger partial charge in [-0.15, -0.1) is 0 Å². The molecule has 0 unspecified atom stereocenters. The number of hydrogen-bond donors (Lipinski definition) is 0. The van der Waals surface area contributed by atoms with Crippen LogP contribution in [-0.2, 0) is 24.5 Å². The van der Waals surface area contributed by atoms with Crippen LogP contribution in [0.3, 0.4) is 0 Å². The summed E-state index contributed by atoms with van der Waals surface area (Å²) in [7, 11) is 0. The lowest BCUT2D eigenvalue weighted by molar-refractivity contribution is 0.0462. The largest absolute Gasteiger partial charge is 0.492 e. The van der Waals surface area contributed by atoms with E-state index in [0.717, 1.165) is 11.3 Å². The van der Waals surface area contributed by atoms with E-state index < -0.39 is 5.97 Å². The summed E-state index contributed by atoms with van der Waals surface area (Å²) < 4.78 is 17.8. The van der Waals surface area contributed by atoms with Crippen molar-refractivity contribution in [1.29, 1.82) is 0 Å². The topological polar surface area (TPSA) is 92.5 Å². The Balaban J connectivity index is 1.27. The third-order valence-corrected chi connectivity index (χ3v) is 4.80. The lowest BCUT2D eigenvalue weighted by atomic mass is 10.2. The Labute approximate surface area is 196 Å². The van der Waals surface area contributed by atoms with E-state index in [9.17, 15) is 9.59 Å². The molecule has 0 radical (unpaired) electrons. The minimum Gasteiger partial charge on any atom is -0.492 e. The third-order valence-electron chi connectivity index (χ3n) is 4.80. The lowest BCUT2D eigenvalue weighted by Crippen LogP contribution is -2.27. The molecule has 2 aromatic heterocycles. The molecule has 34 heavy (non-hydrogen) atoms. The van der Waals surface area contributed by atoms with Gasteiger partial charge in [0.15, 0.2) is 5.69 Å². The van der Waals surface area contributed by atoms with Gasteiger partial charge >= 0.3 is 5.97 Å². The molecule has 0 bridgehead atoms. The van der Waals surface area contributed by atoms with Crippen LogP contribution in [0.25, 0.3) is 0 Å². The number of carbonyl (C=O) groups excluding carboxylic acids is 1. The molecule has 0 fully saturated rings. The first-order valence-corrected chi connectivity index (χ1v) is 10.7. The van der Waals surface area contributed by atoms with Crippen molar-refractivity contribution < 1.29 is 19.0 Å². The molecule has 0 N–H and O–H groups in total. The Morgan fingerprint density at radius 2 is 1.56 bits per heavy atom. The average Bonchev–Trinajstić information content (AvgIpc) is 2.89. The molecular weight excluding hydrogens is 434 g/mol. The summed E-state index contributed by atoms with van der Waals surface area (Å²) in [6, 6.07) is 24.8. The number of nitrogens with zero attached hydrogens (tertiary/aromatic N) is 3. The number of hydrogen-bond acceptors (Lipinski definition) is 7. The molecule has 0 aliphatic rings. The first kappa shape index (κ1) is 22.7. The molecule has 2 aromatic carbocycles. The van der Waals surface area contributed by atoms with Crippen LogP contribution in [0.5, 0.6) is 11.5 Å². The van der Waals surface area contributed by atoms with Crippen LogP contribution >= 0.6 is 0 Å². The van der Waals surface area contributed by atoms with E-state index >= 15 is 0 Å². The van der Waals surface area contributed by atoms with E-state index in [1.54, 1.807) is 18.3 Å². The van der Waals surface area contributed by atoms with E-state index in [4.69, 9.17) is 14.2 Å². The van der Waals surface area contributed by atoms with Gasteiger partial charge in [0.25, 0.3) is 5.56 Å². The Morgan fingerprint density at radius 1 is 0.794 bits per heavy atom. The van der Waals surface area contributed by atoms with Crippen LogP contribution in [0, 0.1) is 0 Å². The third kappa shape index (κ3) is 6.52. The van der Waals surface area contributed by atoms with Crippen LogP contribution < -0.4 is 15.0 Å². The van der Waals surface area contributed by atoms with Crippen LogP contribution in [0.4, 0.5) is 0 Å². The lowest BCUT2D eigenvalue weighted by Gasteiger charge is -2.09. The predicted molar refractivity (Wildman–Crippen MR) is 125 cm³/mol. The van der Waals surface area contributed by atoms with E-state index in [1.807, 2.05) is 60.7 Å². The second-order valence-corrected chi connectivity index (χ2v) is 7.27. The molecule has 4 aromatic rings. The molecule has 2 heterocycles. The fraction of sp³-hybridized carbons (Fsp3) is 0.154. The SMILES string of the molecule is O=C(OCc1ccc(OCc2ccccn2)cc1)c1ccc(=O)n(CCOc2ccccc2)n1. The number of benzene rings is 2. The van der Waals surface area contributed by atoms with Crippen molar-refractivity contribution in [3.05, 3.63) is 118 Å². The monoisotopic (exact) mass is 457 g/mol. The fourth-order valence-electron chi connectivity index (χ4n) is 3.03. The summed E-state index contributed by atoms with van der Waals surface area (Å²) in [5.74, 6) is 0.764. The summed E-state index contributed by atoms with van der Waals surface area (Å²) in [5.41, 5.74) is 1.35. The van der Waals surface area contributed by atoms with Crippen molar-refractivity contribution >= 4 is 5.97 Å². The summed E-state index contributed by atoms with van der Waals surface area (Å²) in [6.07, 6.45) is 1.72. The highest BCUT2D eigenvalue weighted by atomic mass is 16.5. The zero-order valence-corrected chi connectivity index (χ0v) is 18.4. The Hall–Kier alpha value is -4.46. The number of para-hydroxylation sites is 1. The van der Waals surface area contributed by atoms with Gasteiger partial charge in [-0.25, -0.2) is 9.48 Å². The maximum atomic E-state index is 12.4. The van der Waals surface area contributed by atoms with Gasteiger partial charge in [-0.1, -0.05) is 36.4 Å². The Kier molecular flexibility index (Phi) is 7.63. The van der Waals surface area contributed by atoms with Crippen molar-refractivity contribution in [3.63, 3.8) is 0 Å². The van der Waals surface area contributed by atoms with Crippen molar-refractivity contribution in [1.82, 2.24) is 14.8 Å². The summed E-state index contributed by atoms with van der Waals surface area (Å²) >= 11 is 0. The molecule has 8 nitrogen and oxygen atoms in total. The van der Waals surface area contributed by atoms with Gasteiger partial charge in [-0.3, -0.25) is 9.78 Å². The number of aromatic nitrogens is 3. The van der Waals surface area contributed by atoms with Gasteiger partial charge in [-0.2, -0.15) is 5.10 Å². The smallest absolute Gasteiger partial charge is 0.359 e. The average molecular weight is 457 g/mol. The number of esters is 1. The number of rotatable bonds is 10. The van der Waals surface area contributed by atoms with Gasteiger partial charge in [-0.05, 0) is 48.0 Å². The van der Waals surface area contributed by atoms with Gasteiger partial charge in [0.1, 0.15) is 31.3 Å². The predicted octanol–water partition coefficient (Wildman–Crippen LogP) is 3.65. The highest BCUT2D eigenvalue weighted by Gasteiger charge is 2.12. The maximum absolute atomic E-state index is 12.4. The van der Waals surface area contributed by atoms with Crippen LogP contribution in [0.1, 0.15) is 21.7 Å². The molecule has 0 aliphatic heterocycles. The molecule has 8 heteroatoms. The van der Waals surface area contributed by atoms with Crippen molar-refractivity contribution in [3.8, 4) is 11.5 Å². The summed E-state index contributed by atoms with van der Waals surface area (Å²) in [4.78, 5) is 28.7. The number of carbonyl (C=O) groups is 1. The first-order valence-electron chi connectivity index (χ1n) is 10.7. The fourth-order valence-corrected chi connectivity index (χ4v) is 3.03. The summed E-state index contributed by atoms with van der Waals surface area (Å²) in [5, 5.41) is 4.11. The van der Waals surface area contributed by atoms with Crippen molar-refractivity contribution in [2.24, 2.45) is 0 Å². The zero-order valence-electron chi connectivity index (χ0n) is 18.4. The van der Waals surface area contributed by atoms with Crippen molar-refractivity contribution in [2.45, 2.75) is 19.8 Å². The molecule has 0 saturated carbocycles. The number of ether oxygens (including phenoxy) is 3. The van der Waals surface area contributed by atoms with Crippen molar-refractivity contribution in [2.75, 3.05) is 6.61 Å². The molecular formula is C26H23N3O5. The Morgan fingerprint density at radius 3 is 2.32 bits per heavy atom. The second-order valence-electron chi connectivity index (χ2n) is 7.27. The van der Waals surface area contributed by atoms with E-state index in [0.29, 0.717) is 18.1 Å². The summed E-state index contributed by atoms with van der Waals surface area (Å²) in [6.45, 7) is 0.878. The minimum atomic E-state index is -0.617. The highest BCUT2D eigenvalue weighted by molar-refractivity contribution is 5.86. The van der Waals surface area contributed by atoms with E-state index in [2.05, 4.69) is 10.1 Å². The minimum absolute atomic E-state index is 0.0506. The van der Waals surface area contributed by atoms with Gasteiger partial charge < -0.3 is 14.2 Å². The maximum Gasteiger partial charge on any atom is 0.359 e. The Bertz CT molecular complexity index is 1260. The normalized spacial score (nSPS) is 10.5. The van der Waals surface area contributed by atoms with Crippen LogP contribution in [0.2, 0.25) is 0 Å². The molecule has 0 saturated heterocycles. The van der Waals surface area contributed by atoms with Crippen LogP contribution in [0.15, 0.2) is 95.9 Å². The highest BCUT2D eigenvalue weighted by Crippen LogP contribution is 2.15. The van der Waals surface area contributed by atoms with Gasteiger partial charge in [0.2, 0.25) is 0 Å². The molecule has 4 rings (SSSR count). The molecule has 0 aliphatic carbocycles. The molecule has 0 atom stereocenters. The van der Waals surface area contributed by atoms with Gasteiger partial charge in [0, 0.05) is 12.3 Å². The molecule has 0 spiro atoms. The number of pyridine rings is 1. The van der Waals surface area contributed by atoms with Crippen LogP contribution in [-0.4, -0.2) is 27.3 Å². The first-order chi connectivity index (χ1) is 16.7. The quantitative estimate of drug-likeness (QED) is 0.336. The second kappa shape index (κ2) is 11.4. The van der Waals surface area contributed by atoms with E-state index in [1.165, 1.54) is 16.8 Å². The standard InChI is InChI=1S/C26H23N3O5/c30-25-14-13-24(28-29(25)16-17-32-22-7-2-1-3-8-22)26(31)34-18-20-9-11-23(12-10-20)33-19-21-6-4-5-15-27-21/h1-15H,16-19H2. The molecule has 172 valence electrons.